The lowest BCUT2D eigenvalue weighted by Crippen LogP contribution is -2.56. The van der Waals surface area contributed by atoms with E-state index < -0.39 is 11.2 Å². The number of alkyl carbamates (subject to hydrolysis) is 1. The highest BCUT2D eigenvalue weighted by atomic mass is 16.6. The van der Waals surface area contributed by atoms with Crippen LogP contribution in [0.2, 0.25) is 0 Å². The SMILES string of the molecule is CC(C)(C)OC(=O)NCCC12CC3CC(CC(O)(C3)C1)C2. The third kappa shape index (κ3) is 3.36. The van der Waals surface area contributed by atoms with E-state index in [2.05, 4.69) is 5.32 Å². The second-order valence-electron chi connectivity index (χ2n) is 8.86. The zero-order chi connectivity index (χ0) is 15.3. The fraction of sp³-hybridized carbons (Fsp3) is 0.941. The van der Waals surface area contributed by atoms with Crippen LogP contribution in [0.25, 0.3) is 0 Å². The van der Waals surface area contributed by atoms with Crippen molar-refractivity contribution in [3.05, 3.63) is 0 Å². The number of amides is 1. The zero-order valence-corrected chi connectivity index (χ0v) is 13.6. The Kier molecular flexibility index (Phi) is 3.51. The second-order valence-corrected chi connectivity index (χ2v) is 8.86. The molecule has 21 heavy (non-hydrogen) atoms. The Balaban J connectivity index is 1.53. The summed E-state index contributed by atoms with van der Waals surface area (Å²) >= 11 is 0. The lowest BCUT2D eigenvalue weighted by atomic mass is 9.47. The van der Waals surface area contributed by atoms with Crippen LogP contribution in [0.15, 0.2) is 0 Å². The lowest BCUT2D eigenvalue weighted by molar-refractivity contribution is -0.165. The van der Waals surface area contributed by atoms with Crippen molar-refractivity contribution in [1.29, 1.82) is 0 Å². The van der Waals surface area contributed by atoms with Crippen molar-refractivity contribution in [1.82, 2.24) is 5.32 Å². The molecular weight excluding hydrogens is 266 g/mol. The molecule has 1 amide bonds. The molecule has 4 fully saturated rings. The minimum absolute atomic E-state index is 0.258. The molecule has 0 aromatic heterocycles. The van der Waals surface area contributed by atoms with Gasteiger partial charge in [0.1, 0.15) is 5.60 Å². The first-order chi connectivity index (χ1) is 9.67. The average Bonchev–Trinajstić information content (AvgIpc) is 2.21. The largest absolute Gasteiger partial charge is 0.444 e. The zero-order valence-electron chi connectivity index (χ0n) is 13.6. The van der Waals surface area contributed by atoms with Gasteiger partial charge in [-0.1, -0.05) is 0 Å². The van der Waals surface area contributed by atoms with Crippen LogP contribution >= 0.6 is 0 Å². The van der Waals surface area contributed by atoms with E-state index in [4.69, 9.17) is 4.74 Å². The van der Waals surface area contributed by atoms with Gasteiger partial charge in [-0.3, -0.25) is 0 Å². The summed E-state index contributed by atoms with van der Waals surface area (Å²) in [6.07, 6.45) is 7.37. The first-order valence-electron chi connectivity index (χ1n) is 8.36. The van der Waals surface area contributed by atoms with E-state index >= 15 is 0 Å². The molecular formula is C17H29NO3. The minimum atomic E-state index is -0.445. The fourth-order valence-electron chi connectivity index (χ4n) is 5.44. The maximum Gasteiger partial charge on any atom is 0.407 e. The number of hydrogen-bond acceptors (Lipinski definition) is 3. The van der Waals surface area contributed by atoms with Crippen molar-refractivity contribution in [3.63, 3.8) is 0 Å². The summed E-state index contributed by atoms with van der Waals surface area (Å²) in [6, 6.07) is 0. The normalized spacial score (nSPS) is 41.1. The molecule has 4 saturated carbocycles. The molecule has 2 N–H and O–H groups in total. The van der Waals surface area contributed by atoms with Crippen molar-refractivity contribution in [2.24, 2.45) is 17.3 Å². The van der Waals surface area contributed by atoms with E-state index in [0.29, 0.717) is 18.4 Å². The Hall–Kier alpha value is -0.770. The van der Waals surface area contributed by atoms with Gasteiger partial charge < -0.3 is 15.2 Å². The number of nitrogens with one attached hydrogen (secondary N) is 1. The maximum atomic E-state index is 11.7. The molecule has 2 unspecified atom stereocenters. The van der Waals surface area contributed by atoms with Gasteiger partial charge in [0, 0.05) is 6.54 Å². The van der Waals surface area contributed by atoms with Crippen LogP contribution in [0.3, 0.4) is 0 Å². The molecule has 0 radical (unpaired) electrons. The Morgan fingerprint density at radius 1 is 1.24 bits per heavy atom. The van der Waals surface area contributed by atoms with Gasteiger partial charge in [-0.2, -0.15) is 0 Å². The predicted octanol–water partition coefficient (Wildman–Crippen LogP) is 3.23. The number of ether oxygens (including phenoxy) is 1. The van der Waals surface area contributed by atoms with E-state index in [-0.39, 0.29) is 11.5 Å². The molecule has 4 heteroatoms. The van der Waals surface area contributed by atoms with E-state index in [1.807, 2.05) is 20.8 Å². The number of aliphatic hydroxyl groups is 1. The smallest absolute Gasteiger partial charge is 0.407 e. The van der Waals surface area contributed by atoms with Crippen molar-refractivity contribution in [2.45, 2.75) is 76.9 Å². The molecule has 120 valence electrons. The molecule has 4 nitrogen and oxygen atoms in total. The van der Waals surface area contributed by atoms with E-state index in [0.717, 1.165) is 25.7 Å². The maximum absolute atomic E-state index is 11.7. The van der Waals surface area contributed by atoms with Gasteiger partial charge in [-0.15, -0.1) is 0 Å². The summed E-state index contributed by atoms with van der Waals surface area (Å²) in [4.78, 5) is 11.7. The molecule has 0 aromatic rings. The van der Waals surface area contributed by atoms with Crippen molar-refractivity contribution in [2.75, 3.05) is 6.54 Å². The van der Waals surface area contributed by atoms with Crippen LogP contribution < -0.4 is 5.32 Å². The first kappa shape index (κ1) is 15.1. The molecule has 2 atom stereocenters. The Morgan fingerprint density at radius 3 is 2.38 bits per heavy atom. The Morgan fingerprint density at radius 2 is 1.86 bits per heavy atom. The second kappa shape index (κ2) is 4.87. The topological polar surface area (TPSA) is 58.6 Å². The van der Waals surface area contributed by atoms with Crippen molar-refractivity contribution in [3.8, 4) is 0 Å². The van der Waals surface area contributed by atoms with Gasteiger partial charge in [-0.25, -0.2) is 4.79 Å². The van der Waals surface area contributed by atoms with Crippen LogP contribution in [0, 0.1) is 17.3 Å². The molecule has 4 bridgehead atoms. The van der Waals surface area contributed by atoms with Crippen LogP contribution in [-0.4, -0.2) is 28.9 Å². The summed E-state index contributed by atoms with van der Waals surface area (Å²) in [5.41, 5.74) is -0.593. The van der Waals surface area contributed by atoms with Crippen molar-refractivity contribution >= 4 is 6.09 Å². The minimum Gasteiger partial charge on any atom is -0.444 e. The molecule has 0 aromatic carbocycles. The third-order valence-corrected chi connectivity index (χ3v) is 5.47. The number of hydrogen-bond donors (Lipinski definition) is 2. The van der Waals surface area contributed by atoms with Crippen molar-refractivity contribution < 1.29 is 14.6 Å². The first-order valence-corrected chi connectivity index (χ1v) is 8.36. The van der Waals surface area contributed by atoms with Gasteiger partial charge in [0.2, 0.25) is 0 Å². The van der Waals surface area contributed by atoms with Gasteiger partial charge in [0.15, 0.2) is 0 Å². The monoisotopic (exact) mass is 295 g/mol. The quantitative estimate of drug-likeness (QED) is 0.840. The number of rotatable bonds is 3. The third-order valence-electron chi connectivity index (χ3n) is 5.47. The summed E-state index contributed by atoms with van der Waals surface area (Å²) < 4.78 is 5.28. The molecule has 4 aliphatic rings. The number of carbonyl (C=O) groups is 1. The Labute approximate surface area is 127 Å². The van der Waals surface area contributed by atoms with Crippen LogP contribution in [0.1, 0.15) is 65.7 Å². The highest BCUT2D eigenvalue weighted by Gasteiger charge is 2.56. The Bertz CT molecular complexity index is 412. The van der Waals surface area contributed by atoms with E-state index in [9.17, 15) is 9.90 Å². The summed E-state index contributed by atoms with van der Waals surface area (Å²) in [5, 5.41) is 13.6. The van der Waals surface area contributed by atoms with Gasteiger partial charge in [0.05, 0.1) is 5.60 Å². The number of carbonyl (C=O) groups excluding carboxylic acids is 1. The van der Waals surface area contributed by atoms with E-state index in [1.165, 1.54) is 19.3 Å². The fourth-order valence-corrected chi connectivity index (χ4v) is 5.44. The van der Waals surface area contributed by atoms with Crippen LogP contribution in [-0.2, 0) is 4.74 Å². The molecule has 4 rings (SSSR count). The standard InChI is InChI=1S/C17H29NO3/c1-15(2,3)21-14(19)18-5-4-16-7-12-6-13(8-16)10-17(20,9-12)11-16/h12-13,20H,4-11H2,1-3H3,(H,18,19). The van der Waals surface area contributed by atoms with Crippen LogP contribution in [0.5, 0.6) is 0 Å². The summed E-state index contributed by atoms with van der Waals surface area (Å²) in [6.45, 7) is 6.29. The molecule has 0 spiro atoms. The summed E-state index contributed by atoms with van der Waals surface area (Å²) in [5.74, 6) is 1.41. The average molecular weight is 295 g/mol. The van der Waals surface area contributed by atoms with Gasteiger partial charge in [-0.05, 0) is 83.0 Å². The van der Waals surface area contributed by atoms with Gasteiger partial charge >= 0.3 is 6.09 Å². The molecule has 4 aliphatic carbocycles. The highest BCUT2D eigenvalue weighted by Crippen LogP contribution is 2.62. The molecule has 0 heterocycles. The van der Waals surface area contributed by atoms with Crippen LogP contribution in [0.4, 0.5) is 4.79 Å². The lowest BCUT2D eigenvalue weighted by Gasteiger charge is -2.60. The van der Waals surface area contributed by atoms with Gasteiger partial charge in [0.25, 0.3) is 0 Å². The molecule has 0 aliphatic heterocycles. The highest BCUT2D eigenvalue weighted by molar-refractivity contribution is 5.67. The summed E-state index contributed by atoms with van der Waals surface area (Å²) in [7, 11) is 0. The predicted molar refractivity (Wildman–Crippen MR) is 80.9 cm³/mol. The molecule has 0 saturated heterocycles. The van der Waals surface area contributed by atoms with E-state index in [1.54, 1.807) is 0 Å².